The molecule has 2 unspecified atom stereocenters. The number of likely N-dealkylation sites (tertiary alicyclic amines) is 1. The number of nitrogens with two attached hydrogens (primary N) is 1. The first-order valence-corrected chi connectivity index (χ1v) is 7.17. The fourth-order valence-electron chi connectivity index (χ4n) is 3.13. The van der Waals surface area contributed by atoms with Gasteiger partial charge in [-0.3, -0.25) is 4.79 Å². The largest absolute Gasteiger partial charge is 0.337 e. The van der Waals surface area contributed by atoms with Crippen LogP contribution in [-0.4, -0.2) is 23.9 Å². The maximum atomic E-state index is 12.1. The van der Waals surface area contributed by atoms with Crippen LogP contribution in [0.1, 0.15) is 30.9 Å². The molecule has 1 amide bonds. The highest BCUT2D eigenvalue weighted by atomic mass is 16.2. The van der Waals surface area contributed by atoms with Crippen molar-refractivity contribution in [1.29, 1.82) is 0 Å². The van der Waals surface area contributed by atoms with Crippen LogP contribution in [0.4, 0.5) is 0 Å². The third kappa shape index (κ3) is 2.29. The molecule has 1 fully saturated rings. The summed E-state index contributed by atoms with van der Waals surface area (Å²) in [4.78, 5) is 13.9. The lowest BCUT2D eigenvalue weighted by Crippen LogP contribution is -2.39. The van der Waals surface area contributed by atoms with Crippen molar-refractivity contribution in [1.82, 2.24) is 4.90 Å². The molecule has 0 radical (unpaired) electrons. The zero-order chi connectivity index (χ0) is 14.1. The van der Waals surface area contributed by atoms with Crippen LogP contribution in [0.25, 0.3) is 10.8 Å². The number of hydrogen-bond donors (Lipinski definition) is 1. The van der Waals surface area contributed by atoms with Crippen LogP contribution >= 0.6 is 0 Å². The minimum Gasteiger partial charge on any atom is -0.337 e. The van der Waals surface area contributed by atoms with Gasteiger partial charge in [0.15, 0.2) is 0 Å². The van der Waals surface area contributed by atoms with Gasteiger partial charge in [-0.2, -0.15) is 0 Å². The normalized spacial score (nSPS) is 23.9. The van der Waals surface area contributed by atoms with Gasteiger partial charge >= 0.3 is 0 Å². The second-order valence-corrected chi connectivity index (χ2v) is 5.61. The topological polar surface area (TPSA) is 46.3 Å². The quantitative estimate of drug-likeness (QED) is 0.864. The van der Waals surface area contributed by atoms with E-state index in [-0.39, 0.29) is 18.0 Å². The number of rotatable bonds is 1. The first-order valence-electron chi connectivity index (χ1n) is 7.17. The Morgan fingerprint density at radius 1 is 1.15 bits per heavy atom. The average Bonchev–Trinajstić information content (AvgIpc) is 2.58. The number of benzene rings is 2. The average molecular weight is 268 g/mol. The van der Waals surface area contributed by atoms with Gasteiger partial charge in [-0.05, 0) is 35.2 Å². The first kappa shape index (κ1) is 13.1. The summed E-state index contributed by atoms with van der Waals surface area (Å²) in [6.07, 6.45) is 2.39. The molecule has 2 N–H and O–H groups in total. The molecule has 0 aromatic heterocycles. The number of fused-ring (bicyclic) bond motifs is 1. The number of nitrogens with zero attached hydrogens (tertiary/aromatic N) is 1. The molecule has 3 nitrogen and oxygen atoms in total. The number of amides is 1. The van der Waals surface area contributed by atoms with E-state index in [1.54, 1.807) is 0 Å². The molecule has 104 valence electrons. The summed E-state index contributed by atoms with van der Waals surface area (Å²) in [6, 6.07) is 14.6. The van der Waals surface area contributed by atoms with Crippen molar-refractivity contribution in [2.75, 3.05) is 7.05 Å². The molecule has 2 aromatic carbocycles. The zero-order valence-corrected chi connectivity index (χ0v) is 11.8. The Balaban J connectivity index is 2.04. The number of likely N-dealkylation sites (N-methyl/N-ethyl adjacent to an activating group) is 1. The van der Waals surface area contributed by atoms with E-state index >= 15 is 0 Å². The van der Waals surface area contributed by atoms with Gasteiger partial charge in [0.2, 0.25) is 5.91 Å². The molecule has 0 saturated carbocycles. The molecule has 2 aromatic rings. The lowest BCUT2D eigenvalue weighted by atomic mass is 9.94. The maximum absolute atomic E-state index is 12.1. The van der Waals surface area contributed by atoms with E-state index in [0.717, 1.165) is 18.4 Å². The van der Waals surface area contributed by atoms with Crippen molar-refractivity contribution in [3.05, 3.63) is 48.0 Å². The second kappa shape index (κ2) is 5.25. The third-order valence-corrected chi connectivity index (χ3v) is 4.26. The highest BCUT2D eigenvalue weighted by molar-refractivity contribution is 5.83. The predicted molar refractivity (Wildman–Crippen MR) is 81.3 cm³/mol. The number of hydrogen-bond acceptors (Lipinski definition) is 2. The van der Waals surface area contributed by atoms with E-state index in [0.29, 0.717) is 6.42 Å². The van der Waals surface area contributed by atoms with Gasteiger partial charge in [0.25, 0.3) is 0 Å². The molecule has 2 atom stereocenters. The summed E-state index contributed by atoms with van der Waals surface area (Å²) in [7, 11) is 1.87. The van der Waals surface area contributed by atoms with Crippen molar-refractivity contribution >= 4 is 16.7 Å². The van der Waals surface area contributed by atoms with E-state index in [1.165, 1.54) is 10.8 Å². The minimum absolute atomic E-state index is 0.00705. The number of carbonyl (C=O) groups is 1. The Morgan fingerprint density at radius 3 is 2.70 bits per heavy atom. The predicted octanol–water partition coefficient (Wildman–Crippen LogP) is 2.85. The molecule has 0 spiro atoms. The van der Waals surface area contributed by atoms with E-state index in [1.807, 2.05) is 24.1 Å². The lowest BCUT2D eigenvalue weighted by molar-refractivity contribution is -0.131. The third-order valence-electron chi connectivity index (χ3n) is 4.26. The highest BCUT2D eigenvalue weighted by Gasteiger charge is 2.30. The summed E-state index contributed by atoms with van der Waals surface area (Å²) in [5.74, 6) is 0.191. The van der Waals surface area contributed by atoms with Crippen molar-refractivity contribution in [2.45, 2.75) is 31.3 Å². The van der Waals surface area contributed by atoms with Crippen LogP contribution < -0.4 is 5.73 Å². The summed E-state index contributed by atoms with van der Waals surface area (Å²) < 4.78 is 0. The van der Waals surface area contributed by atoms with Crippen LogP contribution in [-0.2, 0) is 4.79 Å². The van der Waals surface area contributed by atoms with Crippen molar-refractivity contribution in [3.8, 4) is 0 Å². The molecule has 3 rings (SSSR count). The zero-order valence-electron chi connectivity index (χ0n) is 11.8. The summed E-state index contributed by atoms with van der Waals surface area (Å²) >= 11 is 0. The van der Waals surface area contributed by atoms with Crippen LogP contribution in [0.15, 0.2) is 42.5 Å². The van der Waals surface area contributed by atoms with E-state index < -0.39 is 0 Å². The molecule has 0 bridgehead atoms. The van der Waals surface area contributed by atoms with E-state index in [2.05, 4.69) is 30.3 Å². The second-order valence-electron chi connectivity index (χ2n) is 5.61. The van der Waals surface area contributed by atoms with Crippen LogP contribution in [0.2, 0.25) is 0 Å². The highest BCUT2D eigenvalue weighted by Crippen LogP contribution is 2.30. The Labute approximate surface area is 119 Å². The summed E-state index contributed by atoms with van der Waals surface area (Å²) in [5, 5.41) is 2.41. The molecular formula is C17H20N2O. The monoisotopic (exact) mass is 268 g/mol. The Hall–Kier alpha value is -1.87. The molecule has 3 heteroatoms. The fourth-order valence-corrected chi connectivity index (χ4v) is 3.13. The molecular weight excluding hydrogens is 248 g/mol. The Morgan fingerprint density at radius 2 is 1.90 bits per heavy atom. The summed E-state index contributed by atoms with van der Waals surface area (Å²) in [5.41, 5.74) is 7.45. The van der Waals surface area contributed by atoms with Gasteiger partial charge in [0.05, 0.1) is 6.04 Å². The van der Waals surface area contributed by atoms with Gasteiger partial charge in [0, 0.05) is 19.5 Å². The smallest absolute Gasteiger partial charge is 0.222 e. The Bertz CT molecular complexity index is 638. The van der Waals surface area contributed by atoms with Gasteiger partial charge in [-0.15, -0.1) is 0 Å². The molecule has 1 saturated heterocycles. The van der Waals surface area contributed by atoms with Crippen LogP contribution in [0.5, 0.6) is 0 Å². The van der Waals surface area contributed by atoms with E-state index in [4.69, 9.17) is 5.73 Å². The first-order chi connectivity index (χ1) is 9.66. The van der Waals surface area contributed by atoms with Crippen LogP contribution in [0, 0.1) is 0 Å². The number of carbonyl (C=O) groups excluding carboxylic acids is 1. The Kier molecular flexibility index (Phi) is 3.45. The molecule has 1 aliphatic rings. The van der Waals surface area contributed by atoms with Crippen LogP contribution in [0.3, 0.4) is 0 Å². The standard InChI is InChI=1S/C17H20N2O/c1-19-16(20)8-4-7-15(18)17(19)14-10-9-12-5-2-3-6-13(12)11-14/h2-3,5-6,9-11,15,17H,4,7-8,18H2,1H3. The van der Waals surface area contributed by atoms with Gasteiger partial charge in [0.1, 0.15) is 0 Å². The van der Waals surface area contributed by atoms with E-state index in [9.17, 15) is 4.79 Å². The lowest BCUT2D eigenvalue weighted by Gasteiger charge is -2.31. The van der Waals surface area contributed by atoms with Crippen molar-refractivity contribution in [2.24, 2.45) is 5.73 Å². The van der Waals surface area contributed by atoms with Crippen molar-refractivity contribution in [3.63, 3.8) is 0 Å². The SMILES string of the molecule is CN1C(=O)CCCC(N)C1c1ccc2ccccc2c1. The molecule has 1 heterocycles. The molecule has 20 heavy (non-hydrogen) atoms. The summed E-state index contributed by atoms with van der Waals surface area (Å²) in [6.45, 7) is 0. The van der Waals surface area contributed by atoms with Gasteiger partial charge in [-0.1, -0.05) is 36.4 Å². The maximum Gasteiger partial charge on any atom is 0.222 e. The molecule has 1 aliphatic heterocycles. The van der Waals surface area contributed by atoms with Gasteiger partial charge < -0.3 is 10.6 Å². The molecule has 0 aliphatic carbocycles. The fraction of sp³-hybridized carbons (Fsp3) is 0.353. The minimum atomic E-state index is -0.0189. The van der Waals surface area contributed by atoms with Crippen molar-refractivity contribution < 1.29 is 4.79 Å². The van der Waals surface area contributed by atoms with Gasteiger partial charge in [-0.25, -0.2) is 0 Å².